The molecule has 0 bridgehead atoms. The molecule has 2 rings (SSSR count). The third-order valence-electron chi connectivity index (χ3n) is 1.22. The molecule has 0 amide bonds. The predicted molar refractivity (Wildman–Crippen MR) is 43.5 cm³/mol. The fraction of sp³-hybridized carbons (Fsp3) is 0. The van der Waals surface area contributed by atoms with Crippen molar-refractivity contribution in [3.63, 3.8) is 0 Å². The van der Waals surface area contributed by atoms with Gasteiger partial charge in [-0.25, -0.2) is 9.97 Å². The van der Waals surface area contributed by atoms with Crippen LogP contribution in [-0.4, -0.2) is 19.6 Å². The number of fused-ring (bicyclic) bond motifs is 1. The van der Waals surface area contributed by atoms with E-state index in [1.807, 2.05) is 0 Å². The number of halogens is 2. The maximum atomic E-state index is 5.70. The molecular formula is C5H2BrClN4. The van der Waals surface area contributed by atoms with Crippen LogP contribution in [0.25, 0.3) is 5.65 Å². The molecule has 56 valence electrons. The van der Waals surface area contributed by atoms with E-state index in [-0.39, 0.29) is 0 Å². The molecule has 0 radical (unpaired) electrons. The van der Waals surface area contributed by atoms with Gasteiger partial charge in [0.05, 0.1) is 4.47 Å². The fourth-order valence-electron chi connectivity index (χ4n) is 0.762. The summed E-state index contributed by atoms with van der Waals surface area (Å²) in [6.45, 7) is 0. The van der Waals surface area contributed by atoms with Gasteiger partial charge in [0.15, 0.2) is 5.65 Å². The Balaban J connectivity index is 2.96. The first-order valence-electron chi connectivity index (χ1n) is 2.79. The zero-order valence-electron chi connectivity index (χ0n) is 5.20. The minimum Gasteiger partial charge on any atom is -0.225 e. The van der Waals surface area contributed by atoms with Crippen LogP contribution in [0.1, 0.15) is 0 Å². The van der Waals surface area contributed by atoms with E-state index < -0.39 is 0 Å². The van der Waals surface area contributed by atoms with Gasteiger partial charge in [-0.15, -0.1) is 0 Å². The Morgan fingerprint density at radius 1 is 1.45 bits per heavy atom. The van der Waals surface area contributed by atoms with Crippen molar-refractivity contribution in [2.24, 2.45) is 0 Å². The van der Waals surface area contributed by atoms with Gasteiger partial charge in [0.25, 0.3) is 0 Å². The van der Waals surface area contributed by atoms with E-state index in [0.717, 1.165) is 4.47 Å². The van der Waals surface area contributed by atoms with Crippen LogP contribution >= 0.6 is 27.5 Å². The van der Waals surface area contributed by atoms with Crippen molar-refractivity contribution in [1.82, 2.24) is 19.6 Å². The molecule has 11 heavy (non-hydrogen) atoms. The number of aromatic nitrogens is 4. The summed E-state index contributed by atoms with van der Waals surface area (Å²) in [7, 11) is 0. The molecule has 0 saturated carbocycles. The van der Waals surface area contributed by atoms with Gasteiger partial charge < -0.3 is 0 Å². The predicted octanol–water partition coefficient (Wildman–Crippen LogP) is 1.54. The first-order chi connectivity index (χ1) is 5.29. The van der Waals surface area contributed by atoms with Gasteiger partial charge in [-0.2, -0.15) is 9.61 Å². The molecule has 4 nitrogen and oxygen atoms in total. The zero-order valence-corrected chi connectivity index (χ0v) is 7.54. The summed E-state index contributed by atoms with van der Waals surface area (Å²) in [4.78, 5) is 7.82. The van der Waals surface area contributed by atoms with E-state index >= 15 is 0 Å². The third kappa shape index (κ3) is 1.00. The minimum absolute atomic E-state index is 0.306. The van der Waals surface area contributed by atoms with Crippen LogP contribution in [-0.2, 0) is 0 Å². The van der Waals surface area contributed by atoms with Crippen molar-refractivity contribution in [2.45, 2.75) is 0 Å². The van der Waals surface area contributed by atoms with E-state index in [1.165, 1.54) is 10.8 Å². The van der Waals surface area contributed by atoms with Crippen molar-refractivity contribution in [2.75, 3.05) is 0 Å². The van der Waals surface area contributed by atoms with E-state index in [0.29, 0.717) is 10.9 Å². The molecule has 2 aromatic heterocycles. The van der Waals surface area contributed by atoms with Gasteiger partial charge in [-0.05, 0) is 27.5 Å². The summed E-state index contributed by atoms with van der Waals surface area (Å²) in [5.74, 6) is 0. The van der Waals surface area contributed by atoms with Gasteiger partial charge in [-0.1, -0.05) is 0 Å². The lowest BCUT2D eigenvalue weighted by atomic mass is 10.6. The molecule has 0 N–H and O–H groups in total. The molecule has 6 heteroatoms. The Bertz CT molecular complexity index is 362. The quantitative estimate of drug-likeness (QED) is 0.648. The fourth-order valence-corrected chi connectivity index (χ4v) is 1.31. The summed E-state index contributed by atoms with van der Waals surface area (Å²) in [6, 6.07) is 0. The van der Waals surface area contributed by atoms with E-state index in [4.69, 9.17) is 11.6 Å². The molecule has 0 unspecified atom stereocenters. The van der Waals surface area contributed by atoms with Gasteiger partial charge in [0.2, 0.25) is 5.28 Å². The lowest BCUT2D eigenvalue weighted by Crippen LogP contribution is -1.92. The van der Waals surface area contributed by atoms with Crippen LogP contribution in [0.3, 0.4) is 0 Å². The van der Waals surface area contributed by atoms with Crippen molar-refractivity contribution in [3.05, 3.63) is 22.3 Å². The average Bonchev–Trinajstić information content (AvgIpc) is 2.45. The maximum absolute atomic E-state index is 5.70. The molecule has 0 saturated heterocycles. The van der Waals surface area contributed by atoms with Crippen LogP contribution < -0.4 is 0 Å². The molecule has 0 aliphatic heterocycles. The Kier molecular flexibility index (Phi) is 1.54. The molecule has 0 spiro atoms. The van der Waals surface area contributed by atoms with Crippen LogP contribution in [0.2, 0.25) is 5.28 Å². The standard InChI is InChI=1S/C5H2BrClN4/c6-3-1-8-5(7)11-4(3)9-2-10-11/h1-2H. The average molecular weight is 233 g/mol. The highest BCUT2D eigenvalue weighted by Crippen LogP contribution is 2.16. The molecule has 2 heterocycles. The highest BCUT2D eigenvalue weighted by atomic mass is 79.9. The van der Waals surface area contributed by atoms with Crippen molar-refractivity contribution >= 4 is 33.2 Å². The summed E-state index contributed by atoms with van der Waals surface area (Å²) >= 11 is 8.96. The van der Waals surface area contributed by atoms with E-state index in [1.54, 1.807) is 6.20 Å². The maximum Gasteiger partial charge on any atom is 0.225 e. The van der Waals surface area contributed by atoms with E-state index in [9.17, 15) is 0 Å². The molecular weight excluding hydrogens is 231 g/mol. The van der Waals surface area contributed by atoms with Crippen LogP contribution in [0.15, 0.2) is 17.0 Å². The van der Waals surface area contributed by atoms with Crippen molar-refractivity contribution in [3.8, 4) is 0 Å². The van der Waals surface area contributed by atoms with Crippen LogP contribution in [0, 0.1) is 0 Å². The number of rotatable bonds is 0. The van der Waals surface area contributed by atoms with Crippen molar-refractivity contribution < 1.29 is 0 Å². The zero-order chi connectivity index (χ0) is 7.84. The largest absolute Gasteiger partial charge is 0.225 e. The van der Waals surface area contributed by atoms with Crippen LogP contribution in [0.5, 0.6) is 0 Å². The molecule has 0 aromatic carbocycles. The molecule has 0 atom stereocenters. The first kappa shape index (κ1) is 7.00. The Morgan fingerprint density at radius 2 is 2.27 bits per heavy atom. The Morgan fingerprint density at radius 3 is 3.00 bits per heavy atom. The number of nitrogens with zero attached hydrogens (tertiary/aromatic N) is 4. The van der Waals surface area contributed by atoms with Gasteiger partial charge in [0.1, 0.15) is 6.33 Å². The summed E-state index contributed by atoms with van der Waals surface area (Å²) < 4.78 is 2.23. The number of hydrogen-bond donors (Lipinski definition) is 0. The van der Waals surface area contributed by atoms with Gasteiger partial charge in [0, 0.05) is 6.20 Å². The summed E-state index contributed by atoms with van der Waals surface area (Å²) in [6.07, 6.45) is 3.01. The second-order valence-corrected chi connectivity index (χ2v) is 3.06. The normalized spacial score (nSPS) is 10.7. The smallest absolute Gasteiger partial charge is 0.225 e. The number of hydrogen-bond acceptors (Lipinski definition) is 3. The topological polar surface area (TPSA) is 43.1 Å². The second kappa shape index (κ2) is 2.42. The molecule has 0 aliphatic rings. The minimum atomic E-state index is 0.306. The first-order valence-corrected chi connectivity index (χ1v) is 3.96. The lowest BCUT2D eigenvalue weighted by molar-refractivity contribution is 0.919. The monoisotopic (exact) mass is 232 g/mol. The molecule has 0 fully saturated rings. The van der Waals surface area contributed by atoms with Gasteiger partial charge in [-0.3, -0.25) is 0 Å². The van der Waals surface area contributed by atoms with Crippen molar-refractivity contribution in [1.29, 1.82) is 0 Å². The lowest BCUT2D eigenvalue weighted by Gasteiger charge is -1.94. The Hall–Kier alpha value is -0.680. The highest BCUT2D eigenvalue weighted by Gasteiger charge is 2.03. The van der Waals surface area contributed by atoms with Gasteiger partial charge >= 0.3 is 0 Å². The molecule has 0 aliphatic carbocycles. The summed E-state index contributed by atoms with van der Waals surface area (Å²) in [5.41, 5.74) is 0.671. The second-order valence-electron chi connectivity index (χ2n) is 1.87. The highest BCUT2D eigenvalue weighted by molar-refractivity contribution is 9.10. The molecule has 2 aromatic rings. The summed E-state index contributed by atoms with van der Waals surface area (Å²) in [5, 5.41) is 4.17. The third-order valence-corrected chi connectivity index (χ3v) is 2.04. The van der Waals surface area contributed by atoms with E-state index in [2.05, 4.69) is 31.0 Å². The Labute approximate surface area is 75.3 Å². The van der Waals surface area contributed by atoms with Crippen LogP contribution in [0.4, 0.5) is 0 Å². The SMILES string of the molecule is Clc1ncc(Br)c2ncnn12.